The highest BCUT2D eigenvalue weighted by molar-refractivity contribution is 6.01. The highest BCUT2D eigenvalue weighted by atomic mass is 16.2. The molecule has 2 amide bonds. The van der Waals surface area contributed by atoms with Gasteiger partial charge in [-0.3, -0.25) is 19.6 Å². The van der Waals surface area contributed by atoms with Crippen molar-refractivity contribution in [3.8, 4) is 11.3 Å². The van der Waals surface area contributed by atoms with Crippen LogP contribution in [-0.2, 0) is 9.59 Å². The summed E-state index contributed by atoms with van der Waals surface area (Å²) in [4.78, 5) is 38.3. The van der Waals surface area contributed by atoms with Crippen LogP contribution in [0.15, 0.2) is 60.2 Å². The molecule has 0 atom stereocenters. The number of carbonyl (C=O) groups excluding carboxylic acids is 2. The molecule has 158 valence electrons. The Hall–Kier alpha value is -3.48. The third-order valence-corrected chi connectivity index (χ3v) is 6.08. The van der Waals surface area contributed by atoms with Crippen LogP contribution in [0.25, 0.3) is 11.3 Å². The quantitative estimate of drug-likeness (QED) is 0.811. The molecule has 1 fully saturated rings. The lowest BCUT2D eigenvalue weighted by Crippen LogP contribution is -2.39. The van der Waals surface area contributed by atoms with Crippen LogP contribution in [0.4, 0.5) is 5.69 Å². The van der Waals surface area contributed by atoms with E-state index in [1.165, 1.54) is 0 Å². The maximum atomic E-state index is 13.0. The van der Waals surface area contributed by atoms with Crippen molar-refractivity contribution >= 4 is 17.5 Å². The molecule has 31 heavy (non-hydrogen) atoms. The van der Waals surface area contributed by atoms with Crippen molar-refractivity contribution in [1.29, 1.82) is 0 Å². The third-order valence-electron chi connectivity index (χ3n) is 6.08. The molecular formula is C24H25N5O2. The van der Waals surface area contributed by atoms with Crippen LogP contribution in [0, 0.1) is 6.92 Å². The number of aryl methyl sites for hydroxylation is 1. The summed E-state index contributed by atoms with van der Waals surface area (Å²) in [7, 11) is 0. The predicted molar refractivity (Wildman–Crippen MR) is 118 cm³/mol. The molecule has 0 bridgehead atoms. The highest BCUT2D eigenvalue weighted by Gasteiger charge is 2.45. The van der Waals surface area contributed by atoms with E-state index in [9.17, 15) is 9.59 Å². The summed E-state index contributed by atoms with van der Waals surface area (Å²) in [5, 5.41) is 2.96. The Labute approximate surface area is 181 Å². The molecule has 0 aromatic carbocycles. The van der Waals surface area contributed by atoms with Crippen molar-refractivity contribution in [2.45, 2.75) is 38.6 Å². The SMILES string of the molecule is C=C1C2=C(C(=O)N1C1CC1)N(CC(=O)Nc1ccc(-c3cccnc3)nc1C)CCC2. The summed E-state index contributed by atoms with van der Waals surface area (Å²) in [6.07, 6.45) is 7.32. The molecule has 0 radical (unpaired) electrons. The summed E-state index contributed by atoms with van der Waals surface area (Å²) < 4.78 is 0. The molecular weight excluding hydrogens is 390 g/mol. The zero-order valence-electron chi connectivity index (χ0n) is 17.6. The zero-order valence-corrected chi connectivity index (χ0v) is 17.6. The first kappa shape index (κ1) is 19.5. The Morgan fingerprint density at radius 2 is 2.13 bits per heavy atom. The van der Waals surface area contributed by atoms with Gasteiger partial charge in [-0.25, -0.2) is 0 Å². The van der Waals surface area contributed by atoms with E-state index in [4.69, 9.17) is 0 Å². The second kappa shape index (κ2) is 7.65. The summed E-state index contributed by atoms with van der Waals surface area (Å²) in [5.41, 5.74) is 5.65. The smallest absolute Gasteiger partial charge is 0.275 e. The molecule has 2 aromatic heterocycles. The fourth-order valence-electron chi connectivity index (χ4n) is 4.40. The number of pyridine rings is 2. The van der Waals surface area contributed by atoms with Crippen LogP contribution in [0.1, 0.15) is 31.4 Å². The second-order valence-electron chi connectivity index (χ2n) is 8.32. The van der Waals surface area contributed by atoms with Crippen LogP contribution in [0.2, 0.25) is 0 Å². The molecule has 4 heterocycles. The molecule has 0 unspecified atom stereocenters. The van der Waals surface area contributed by atoms with Crippen molar-refractivity contribution in [2.24, 2.45) is 0 Å². The molecule has 1 aliphatic carbocycles. The van der Waals surface area contributed by atoms with Gasteiger partial charge in [0.1, 0.15) is 5.70 Å². The lowest BCUT2D eigenvalue weighted by molar-refractivity contribution is -0.126. The summed E-state index contributed by atoms with van der Waals surface area (Å²) >= 11 is 0. The van der Waals surface area contributed by atoms with Gasteiger partial charge in [0.15, 0.2) is 0 Å². The van der Waals surface area contributed by atoms with Crippen molar-refractivity contribution in [3.63, 3.8) is 0 Å². The average molecular weight is 415 g/mol. The van der Waals surface area contributed by atoms with E-state index in [0.29, 0.717) is 17.9 Å². The van der Waals surface area contributed by atoms with E-state index in [1.807, 2.05) is 41.0 Å². The Morgan fingerprint density at radius 3 is 2.84 bits per heavy atom. The van der Waals surface area contributed by atoms with Gasteiger partial charge in [0, 0.05) is 41.8 Å². The van der Waals surface area contributed by atoms with Gasteiger partial charge >= 0.3 is 0 Å². The minimum atomic E-state index is -0.156. The molecule has 3 aliphatic rings. The van der Waals surface area contributed by atoms with Crippen LogP contribution in [0.3, 0.4) is 0 Å². The van der Waals surface area contributed by atoms with E-state index in [2.05, 4.69) is 21.9 Å². The maximum absolute atomic E-state index is 13.0. The van der Waals surface area contributed by atoms with Crippen molar-refractivity contribution in [1.82, 2.24) is 19.8 Å². The van der Waals surface area contributed by atoms with Gasteiger partial charge in [0.05, 0.1) is 23.6 Å². The van der Waals surface area contributed by atoms with E-state index in [0.717, 1.165) is 53.9 Å². The topological polar surface area (TPSA) is 78.4 Å². The monoisotopic (exact) mass is 415 g/mol. The number of hydrogen-bond donors (Lipinski definition) is 1. The molecule has 7 nitrogen and oxygen atoms in total. The van der Waals surface area contributed by atoms with Crippen LogP contribution < -0.4 is 5.32 Å². The largest absolute Gasteiger partial charge is 0.357 e. The molecule has 1 saturated carbocycles. The van der Waals surface area contributed by atoms with Gasteiger partial charge in [-0.1, -0.05) is 6.58 Å². The molecule has 1 N–H and O–H groups in total. The Morgan fingerprint density at radius 1 is 1.29 bits per heavy atom. The van der Waals surface area contributed by atoms with E-state index in [1.54, 1.807) is 12.4 Å². The number of amides is 2. The minimum Gasteiger partial charge on any atom is -0.357 e. The first-order valence-corrected chi connectivity index (χ1v) is 10.7. The van der Waals surface area contributed by atoms with Crippen LogP contribution in [0.5, 0.6) is 0 Å². The highest BCUT2D eigenvalue weighted by Crippen LogP contribution is 2.42. The fourth-order valence-corrected chi connectivity index (χ4v) is 4.40. The van der Waals surface area contributed by atoms with Crippen molar-refractivity contribution in [3.05, 3.63) is 65.9 Å². The Bertz CT molecular complexity index is 1100. The number of nitrogens with one attached hydrogen (secondary N) is 1. The number of aromatic nitrogens is 2. The summed E-state index contributed by atoms with van der Waals surface area (Å²) in [5.74, 6) is -0.148. The molecule has 2 aromatic rings. The van der Waals surface area contributed by atoms with Crippen LogP contribution >= 0.6 is 0 Å². The second-order valence-corrected chi connectivity index (χ2v) is 8.32. The molecule has 7 heteroatoms. The first-order chi connectivity index (χ1) is 15.0. The Balaban J connectivity index is 1.29. The molecule has 2 aliphatic heterocycles. The summed E-state index contributed by atoms with van der Waals surface area (Å²) in [6.45, 7) is 6.87. The zero-order chi connectivity index (χ0) is 21.5. The minimum absolute atomic E-state index is 0.00803. The normalized spacial score (nSPS) is 18.5. The van der Waals surface area contributed by atoms with E-state index >= 15 is 0 Å². The standard InChI is InChI=1S/C24H25N5O2/c1-15-20(9-10-21(26-15)17-5-3-11-25-13-17)27-22(30)14-28-12-4-6-19-16(2)29(18-7-8-18)24(31)23(19)28/h3,5,9-11,13,18H,2,4,6-8,12,14H2,1H3,(H,27,30). The van der Waals surface area contributed by atoms with Gasteiger partial charge in [-0.2, -0.15) is 0 Å². The number of anilines is 1. The van der Waals surface area contributed by atoms with Gasteiger partial charge < -0.3 is 15.1 Å². The third kappa shape index (κ3) is 3.60. The number of rotatable bonds is 5. The predicted octanol–water partition coefficient (Wildman–Crippen LogP) is 3.26. The van der Waals surface area contributed by atoms with Crippen molar-refractivity contribution in [2.75, 3.05) is 18.4 Å². The lowest BCUT2D eigenvalue weighted by Gasteiger charge is -2.28. The molecule has 0 saturated heterocycles. The van der Waals surface area contributed by atoms with E-state index < -0.39 is 0 Å². The maximum Gasteiger partial charge on any atom is 0.275 e. The summed E-state index contributed by atoms with van der Waals surface area (Å²) in [6, 6.07) is 7.84. The fraction of sp³-hybridized carbons (Fsp3) is 0.333. The number of allylic oxidation sites excluding steroid dienone is 1. The van der Waals surface area contributed by atoms with Crippen molar-refractivity contribution < 1.29 is 9.59 Å². The van der Waals surface area contributed by atoms with Crippen LogP contribution in [-0.4, -0.2) is 50.7 Å². The van der Waals surface area contributed by atoms with Gasteiger partial charge in [-0.15, -0.1) is 0 Å². The number of nitrogens with zero attached hydrogens (tertiary/aromatic N) is 4. The van der Waals surface area contributed by atoms with Gasteiger partial charge in [-0.05, 0) is 56.9 Å². The Kier molecular flexibility index (Phi) is 4.81. The lowest BCUT2D eigenvalue weighted by atomic mass is 10.0. The van der Waals surface area contributed by atoms with Gasteiger partial charge in [0.2, 0.25) is 5.91 Å². The molecule has 5 rings (SSSR count). The first-order valence-electron chi connectivity index (χ1n) is 10.7. The number of carbonyl (C=O) groups is 2. The number of hydrogen-bond acceptors (Lipinski definition) is 5. The molecule has 0 spiro atoms. The van der Waals surface area contributed by atoms with E-state index in [-0.39, 0.29) is 24.4 Å². The van der Waals surface area contributed by atoms with Gasteiger partial charge in [0.25, 0.3) is 5.91 Å². The average Bonchev–Trinajstić information content (AvgIpc) is 3.56.